The number of carbonyl (C=O) groups is 5. The third-order valence-corrected chi connectivity index (χ3v) is 5.81. The Morgan fingerprint density at radius 1 is 0.838 bits per heavy atom. The van der Waals surface area contributed by atoms with E-state index in [1.165, 1.54) is 0 Å². The van der Waals surface area contributed by atoms with Crippen LogP contribution in [0.5, 0.6) is 0 Å². The van der Waals surface area contributed by atoms with Crippen molar-refractivity contribution in [1.29, 1.82) is 0 Å². The van der Waals surface area contributed by atoms with Crippen molar-refractivity contribution in [2.45, 2.75) is 76.5 Å². The van der Waals surface area contributed by atoms with Crippen molar-refractivity contribution in [3.05, 3.63) is 35.9 Å². The van der Waals surface area contributed by atoms with Crippen molar-refractivity contribution in [3.63, 3.8) is 0 Å². The van der Waals surface area contributed by atoms with Gasteiger partial charge in [-0.1, -0.05) is 44.2 Å². The van der Waals surface area contributed by atoms with Crippen LogP contribution in [0.1, 0.15) is 51.5 Å². The Bertz CT molecular complexity index is 910. The summed E-state index contributed by atoms with van der Waals surface area (Å²) in [5.41, 5.74) is 17.4. The molecule has 0 fully saturated rings. The van der Waals surface area contributed by atoms with E-state index in [4.69, 9.17) is 17.2 Å². The Morgan fingerprint density at radius 3 is 1.95 bits per heavy atom. The first-order chi connectivity index (χ1) is 17.5. The Morgan fingerprint density at radius 2 is 1.41 bits per heavy atom. The van der Waals surface area contributed by atoms with Gasteiger partial charge in [0.05, 0.1) is 6.04 Å². The fraction of sp³-hybridized carbons (Fsp3) is 0.560. The van der Waals surface area contributed by atoms with Gasteiger partial charge in [0.1, 0.15) is 18.1 Å². The molecule has 12 heteroatoms. The number of carboxylic acid groups (broad SMARTS) is 1. The molecule has 206 valence electrons. The number of nitrogens with one attached hydrogen (secondary N) is 3. The largest absolute Gasteiger partial charge is 0.480 e. The predicted octanol–water partition coefficient (Wildman–Crippen LogP) is -0.854. The quantitative estimate of drug-likeness (QED) is 0.128. The van der Waals surface area contributed by atoms with Gasteiger partial charge in [-0.3, -0.25) is 19.2 Å². The molecule has 0 saturated heterocycles. The molecule has 1 aromatic rings. The van der Waals surface area contributed by atoms with Crippen molar-refractivity contribution >= 4 is 29.6 Å². The smallest absolute Gasteiger partial charge is 0.326 e. The van der Waals surface area contributed by atoms with Crippen LogP contribution in [0, 0.1) is 5.92 Å². The number of aliphatic carboxylic acids is 1. The molecule has 0 saturated carbocycles. The van der Waals surface area contributed by atoms with E-state index in [1.807, 2.05) is 6.07 Å². The minimum atomic E-state index is -1.26. The predicted molar refractivity (Wildman–Crippen MR) is 138 cm³/mol. The zero-order valence-electron chi connectivity index (χ0n) is 21.4. The average molecular weight is 521 g/mol. The monoisotopic (exact) mass is 520 g/mol. The molecular weight excluding hydrogens is 480 g/mol. The zero-order valence-corrected chi connectivity index (χ0v) is 21.4. The van der Waals surface area contributed by atoms with Crippen molar-refractivity contribution in [2.24, 2.45) is 23.1 Å². The molecule has 4 amide bonds. The van der Waals surface area contributed by atoms with Gasteiger partial charge in [0, 0.05) is 12.8 Å². The van der Waals surface area contributed by atoms with E-state index >= 15 is 0 Å². The summed E-state index contributed by atoms with van der Waals surface area (Å²) >= 11 is 0. The second-order valence-electron chi connectivity index (χ2n) is 9.27. The summed E-state index contributed by atoms with van der Waals surface area (Å²) in [7, 11) is 0. The maximum atomic E-state index is 13.3. The van der Waals surface area contributed by atoms with Gasteiger partial charge in [0.25, 0.3) is 0 Å². The first-order valence-electron chi connectivity index (χ1n) is 12.4. The van der Waals surface area contributed by atoms with E-state index in [9.17, 15) is 29.1 Å². The third kappa shape index (κ3) is 11.8. The zero-order chi connectivity index (χ0) is 28.0. The highest BCUT2D eigenvalue weighted by molar-refractivity contribution is 5.94. The number of hydrogen-bond donors (Lipinski definition) is 7. The second kappa shape index (κ2) is 16.3. The molecule has 4 atom stereocenters. The summed E-state index contributed by atoms with van der Waals surface area (Å²) in [6.07, 6.45) is 0.948. The van der Waals surface area contributed by atoms with Crippen molar-refractivity contribution in [2.75, 3.05) is 6.54 Å². The summed E-state index contributed by atoms with van der Waals surface area (Å²) in [6, 6.07) is 4.55. The first-order valence-corrected chi connectivity index (χ1v) is 12.4. The number of carbonyl (C=O) groups excluding carboxylic acids is 4. The van der Waals surface area contributed by atoms with Gasteiger partial charge in [-0.05, 0) is 43.7 Å². The Balaban J connectivity index is 3.10. The maximum absolute atomic E-state index is 13.3. The number of hydrogen-bond acceptors (Lipinski definition) is 7. The molecule has 4 unspecified atom stereocenters. The Kier molecular flexibility index (Phi) is 13.9. The summed E-state index contributed by atoms with van der Waals surface area (Å²) in [5, 5.41) is 17.1. The SMILES string of the molecule is CC(C)C(N)C(=O)NC(Cc1ccccc1)C(=O)NC(CCC(N)=O)C(=O)NC(CCCCN)C(=O)O. The van der Waals surface area contributed by atoms with Crippen LogP contribution in [0.3, 0.4) is 0 Å². The summed E-state index contributed by atoms with van der Waals surface area (Å²) in [4.78, 5) is 61.9. The van der Waals surface area contributed by atoms with Crippen LogP contribution in [0.4, 0.5) is 0 Å². The fourth-order valence-corrected chi connectivity index (χ4v) is 3.48. The Labute approximate surface area is 217 Å². The standard InChI is InChI=1S/C25H40N6O6/c1-15(2)21(28)24(35)31-19(14-16-8-4-3-5-9-16)23(34)29-17(11-12-20(27)32)22(33)30-18(25(36)37)10-6-7-13-26/h3-5,8-9,15,17-19,21H,6-7,10-14,26,28H2,1-2H3,(H2,27,32)(H,29,34)(H,30,33)(H,31,35)(H,36,37). The molecule has 0 heterocycles. The maximum Gasteiger partial charge on any atom is 0.326 e. The van der Waals surface area contributed by atoms with Crippen molar-refractivity contribution in [1.82, 2.24) is 16.0 Å². The van der Waals surface area contributed by atoms with E-state index in [1.54, 1.807) is 38.1 Å². The molecular formula is C25H40N6O6. The van der Waals surface area contributed by atoms with Crippen LogP contribution in [0.15, 0.2) is 30.3 Å². The Hall–Kier alpha value is -3.51. The van der Waals surface area contributed by atoms with Crippen LogP contribution in [-0.4, -0.2) is 65.4 Å². The number of amides is 4. The summed E-state index contributed by atoms with van der Waals surface area (Å²) in [5.74, 6) is -4.10. The molecule has 37 heavy (non-hydrogen) atoms. The second-order valence-corrected chi connectivity index (χ2v) is 9.27. The molecule has 1 rings (SSSR count). The van der Waals surface area contributed by atoms with Crippen molar-refractivity contribution in [3.8, 4) is 0 Å². The summed E-state index contributed by atoms with van der Waals surface area (Å²) in [6.45, 7) is 3.92. The van der Waals surface area contributed by atoms with Crippen LogP contribution in [0.2, 0.25) is 0 Å². The molecule has 0 aliphatic carbocycles. The number of carboxylic acids is 1. The number of benzene rings is 1. The van der Waals surface area contributed by atoms with E-state index in [-0.39, 0.29) is 31.6 Å². The van der Waals surface area contributed by atoms with Crippen LogP contribution in [-0.2, 0) is 30.4 Å². The van der Waals surface area contributed by atoms with Gasteiger partial charge in [0.15, 0.2) is 0 Å². The average Bonchev–Trinajstić information content (AvgIpc) is 2.85. The molecule has 10 N–H and O–H groups in total. The molecule has 0 radical (unpaired) electrons. The minimum Gasteiger partial charge on any atom is -0.480 e. The van der Waals surface area contributed by atoms with Gasteiger partial charge in [-0.15, -0.1) is 0 Å². The number of unbranched alkanes of at least 4 members (excludes halogenated alkanes) is 1. The fourth-order valence-electron chi connectivity index (χ4n) is 3.48. The lowest BCUT2D eigenvalue weighted by atomic mass is 10.0. The lowest BCUT2D eigenvalue weighted by Crippen LogP contribution is -2.58. The van der Waals surface area contributed by atoms with Crippen molar-refractivity contribution < 1.29 is 29.1 Å². The lowest BCUT2D eigenvalue weighted by Gasteiger charge is -2.26. The van der Waals surface area contributed by atoms with Crippen LogP contribution in [0.25, 0.3) is 0 Å². The highest BCUT2D eigenvalue weighted by Crippen LogP contribution is 2.08. The molecule has 0 aromatic heterocycles. The van der Waals surface area contributed by atoms with Gasteiger partial charge >= 0.3 is 5.97 Å². The highest BCUT2D eigenvalue weighted by Gasteiger charge is 2.31. The summed E-state index contributed by atoms with van der Waals surface area (Å²) < 4.78 is 0. The van der Waals surface area contributed by atoms with E-state index in [0.29, 0.717) is 19.4 Å². The number of nitrogens with two attached hydrogens (primary N) is 3. The number of rotatable bonds is 17. The molecule has 0 spiro atoms. The van der Waals surface area contributed by atoms with Gasteiger partial charge < -0.3 is 38.3 Å². The third-order valence-electron chi connectivity index (χ3n) is 5.81. The van der Waals surface area contributed by atoms with Gasteiger partial charge in [-0.25, -0.2) is 4.79 Å². The molecule has 12 nitrogen and oxygen atoms in total. The van der Waals surface area contributed by atoms with E-state index < -0.39 is 53.8 Å². The molecule has 0 bridgehead atoms. The molecule has 0 aliphatic heterocycles. The minimum absolute atomic E-state index is 0.115. The van der Waals surface area contributed by atoms with E-state index in [0.717, 1.165) is 5.56 Å². The number of primary amides is 1. The van der Waals surface area contributed by atoms with Gasteiger partial charge in [0.2, 0.25) is 23.6 Å². The van der Waals surface area contributed by atoms with Gasteiger partial charge in [-0.2, -0.15) is 0 Å². The van der Waals surface area contributed by atoms with E-state index in [2.05, 4.69) is 16.0 Å². The topological polar surface area (TPSA) is 220 Å². The molecule has 1 aromatic carbocycles. The first kappa shape index (κ1) is 31.5. The van der Waals surface area contributed by atoms with Crippen LogP contribution < -0.4 is 33.2 Å². The van der Waals surface area contributed by atoms with Crippen LogP contribution >= 0.6 is 0 Å². The molecule has 0 aliphatic rings. The normalized spacial score (nSPS) is 14.2. The lowest BCUT2D eigenvalue weighted by molar-refractivity contribution is -0.142. The highest BCUT2D eigenvalue weighted by atomic mass is 16.4.